The Morgan fingerprint density at radius 2 is 1.86 bits per heavy atom. The van der Waals surface area contributed by atoms with Crippen molar-refractivity contribution in [3.8, 4) is 0 Å². The van der Waals surface area contributed by atoms with Crippen LogP contribution in [0.5, 0.6) is 0 Å². The van der Waals surface area contributed by atoms with Gasteiger partial charge in [0.1, 0.15) is 5.88 Å². The van der Waals surface area contributed by atoms with Crippen molar-refractivity contribution in [2.45, 2.75) is 0 Å². The molecule has 0 radical (unpaired) electrons. The quantitative estimate of drug-likeness (QED) is 0.740. The summed E-state index contributed by atoms with van der Waals surface area (Å²) < 4.78 is 0. The molecule has 0 bridgehead atoms. The molecular formula is C9H8Cl3NO. The number of amides is 1. The minimum Gasteiger partial charge on any atom is -0.312 e. The number of hydrogen-bond acceptors (Lipinski definition) is 1. The average molecular weight is 253 g/mol. The molecule has 0 N–H and O–H groups in total. The summed E-state index contributed by atoms with van der Waals surface area (Å²) in [5.41, 5.74) is 0.487. The number of rotatable bonds is 2. The fraction of sp³-hybridized carbons (Fsp3) is 0.222. The second-order valence-electron chi connectivity index (χ2n) is 2.66. The summed E-state index contributed by atoms with van der Waals surface area (Å²) in [5, 5.41) is 0.858. The lowest BCUT2D eigenvalue weighted by Crippen LogP contribution is -2.27. The van der Waals surface area contributed by atoms with Crippen molar-refractivity contribution >= 4 is 46.4 Å². The maximum atomic E-state index is 11.3. The number of anilines is 1. The van der Waals surface area contributed by atoms with Crippen molar-refractivity contribution in [2.75, 3.05) is 17.8 Å². The largest absolute Gasteiger partial charge is 0.312 e. The van der Waals surface area contributed by atoms with Gasteiger partial charge in [-0.1, -0.05) is 29.3 Å². The first-order valence-electron chi connectivity index (χ1n) is 3.84. The summed E-state index contributed by atoms with van der Waals surface area (Å²) >= 11 is 17.2. The van der Waals surface area contributed by atoms with Crippen molar-refractivity contribution in [3.63, 3.8) is 0 Å². The van der Waals surface area contributed by atoms with E-state index in [2.05, 4.69) is 0 Å². The second-order valence-corrected chi connectivity index (χ2v) is 3.74. The minimum atomic E-state index is -0.248. The third-order valence-electron chi connectivity index (χ3n) is 1.76. The summed E-state index contributed by atoms with van der Waals surface area (Å²) in [6.45, 7) is 0. The minimum absolute atomic E-state index is 0.0992. The van der Waals surface area contributed by atoms with Crippen LogP contribution in [0.4, 0.5) is 5.69 Å². The van der Waals surface area contributed by atoms with Gasteiger partial charge in [-0.25, -0.2) is 0 Å². The normalized spacial score (nSPS) is 10.0. The van der Waals surface area contributed by atoms with Crippen LogP contribution < -0.4 is 4.90 Å². The lowest BCUT2D eigenvalue weighted by Gasteiger charge is -2.18. The van der Waals surface area contributed by atoms with Gasteiger partial charge in [-0.2, -0.15) is 0 Å². The van der Waals surface area contributed by atoms with E-state index in [-0.39, 0.29) is 11.8 Å². The number of nitrogens with zero attached hydrogens (tertiary/aromatic N) is 1. The topological polar surface area (TPSA) is 20.3 Å². The van der Waals surface area contributed by atoms with Gasteiger partial charge in [-0.15, -0.1) is 11.6 Å². The molecule has 0 heterocycles. The van der Waals surface area contributed by atoms with E-state index in [1.165, 1.54) is 4.90 Å². The summed E-state index contributed by atoms with van der Waals surface area (Å²) in [6, 6.07) is 5.05. The molecule has 0 atom stereocenters. The highest BCUT2D eigenvalue weighted by atomic mass is 35.5. The molecule has 14 heavy (non-hydrogen) atoms. The van der Waals surface area contributed by atoms with Crippen molar-refractivity contribution in [3.05, 3.63) is 28.2 Å². The molecule has 0 unspecified atom stereocenters. The fourth-order valence-electron chi connectivity index (χ4n) is 1.02. The molecule has 0 aliphatic rings. The van der Waals surface area contributed by atoms with Crippen LogP contribution >= 0.6 is 34.8 Å². The van der Waals surface area contributed by atoms with Crippen LogP contribution in [-0.2, 0) is 4.79 Å². The monoisotopic (exact) mass is 251 g/mol. The molecule has 1 rings (SSSR count). The Balaban J connectivity index is 3.11. The van der Waals surface area contributed by atoms with Crippen LogP contribution in [0.2, 0.25) is 10.0 Å². The molecule has 0 saturated heterocycles. The Hall–Kier alpha value is -0.440. The number of benzene rings is 1. The first-order chi connectivity index (χ1) is 6.57. The third-order valence-corrected chi connectivity index (χ3v) is 2.60. The molecule has 0 saturated carbocycles. The van der Waals surface area contributed by atoms with Crippen LogP contribution in [0.1, 0.15) is 0 Å². The summed E-state index contributed by atoms with van der Waals surface area (Å²) in [6.07, 6.45) is 0. The van der Waals surface area contributed by atoms with Crippen molar-refractivity contribution in [1.82, 2.24) is 0 Å². The third kappa shape index (κ3) is 2.32. The number of alkyl halides is 1. The van der Waals surface area contributed by atoms with E-state index in [4.69, 9.17) is 34.8 Å². The van der Waals surface area contributed by atoms with Gasteiger partial charge < -0.3 is 4.90 Å². The Bertz CT molecular complexity index is 334. The Kier molecular flexibility index (Phi) is 4.05. The van der Waals surface area contributed by atoms with Gasteiger partial charge in [0.05, 0.1) is 15.7 Å². The molecule has 0 fully saturated rings. The summed E-state index contributed by atoms with van der Waals surface area (Å²) in [4.78, 5) is 12.6. The van der Waals surface area contributed by atoms with Gasteiger partial charge in [-0.3, -0.25) is 4.79 Å². The zero-order valence-corrected chi connectivity index (χ0v) is 9.70. The molecule has 1 aromatic carbocycles. The molecule has 1 aromatic rings. The number of hydrogen-bond donors (Lipinski definition) is 0. The Morgan fingerprint density at radius 1 is 1.36 bits per heavy atom. The lowest BCUT2D eigenvalue weighted by molar-refractivity contribution is -0.116. The average Bonchev–Trinajstić information content (AvgIpc) is 2.16. The van der Waals surface area contributed by atoms with E-state index in [1.54, 1.807) is 25.2 Å². The molecule has 0 spiro atoms. The predicted molar refractivity (Wildman–Crippen MR) is 60.6 cm³/mol. The van der Waals surface area contributed by atoms with Crippen LogP contribution in [0.15, 0.2) is 18.2 Å². The lowest BCUT2D eigenvalue weighted by atomic mass is 10.3. The number of para-hydroxylation sites is 1. The predicted octanol–water partition coefficient (Wildman–Crippen LogP) is 3.20. The molecule has 1 amide bonds. The SMILES string of the molecule is CN(C(=O)CCl)c1c(Cl)cccc1Cl. The van der Waals surface area contributed by atoms with E-state index >= 15 is 0 Å². The number of halogens is 3. The van der Waals surface area contributed by atoms with Crippen molar-refractivity contribution in [1.29, 1.82) is 0 Å². The highest BCUT2D eigenvalue weighted by Crippen LogP contribution is 2.32. The molecule has 0 aliphatic heterocycles. The summed E-state index contributed by atoms with van der Waals surface area (Å²) in [7, 11) is 1.58. The first kappa shape index (κ1) is 11.6. The van der Waals surface area contributed by atoms with E-state index < -0.39 is 0 Å². The van der Waals surface area contributed by atoms with Gasteiger partial charge >= 0.3 is 0 Å². The van der Waals surface area contributed by atoms with Crippen LogP contribution in [0, 0.1) is 0 Å². The fourth-order valence-corrected chi connectivity index (χ4v) is 1.85. The number of carbonyl (C=O) groups excluding carboxylic acids is 1. The molecule has 5 heteroatoms. The maximum absolute atomic E-state index is 11.3. The molecule has 0 aliphatic carbocycles. The van der Waals surface area contributed by atoms with E-state index in [0.717, 1.165) is 0 Å². The highest BCUT2D eigenvalue weighted by molar-refractivity contribution is 6.40. The second kappa shape index (κ2) is 4.87. The van der Waals surface area contributed by atoms with Gasteiger partial charge in [0.15, 0.2) is 0 Å². The van der Waals surface area contributed by atoms with Crippen molar-refractivity contribution in [2.24, 2.45) is 0 Å². The Morgan fingerprint density at radius 3 is 2.29 bits per heavy atom. The summed E-state index contributed by atoms with van der Waals surface area (Å²) in [5.74, 6) is -0.348. The maximum Gasteiger partial charge on any atom is 0.241 e. The van der Waals surface area contributed by atoms with Gasteiger partial charge in [-0.05, 0) is 12.1 Å². The standard InChI is InChI=1S/C9H8Cl3NO/c1-13(8(14)5-10)9-6(11)3-2-4-7(9)12/h2-4H,5H2,1H3. The van der Waals surface area contributed by atoms with Crippen LogP contribution in [0.25, 0.3) is 0 Å². The van der Waals surface area contributed by atoms with Gasteiger partial charge in [0.25, 0.3) is 0 Å². The Labute approximate surface area is 97.4 Å². The molecular weight excluding hydrogens is 244 g/mol. The molecule has 2 nitrogen and oxygen atoms in total. The van der Waals surface area contributed by atoms with E-state index in [0.29, 0.717) is 15.7 Å². The van der Waals surface area contributed by atoms with Crippen LogP contribution in [0.3, 0.4) is 0 Å². The zero-order valence-electron chi connectivity index (χ0n) is 7.43. The first-order valence-corrected chi connectivity index (χ1v) is 5.13. The van der Waals surface area contributed by atoms with Crippen molar-refractivity contribution < 1.29 is 4.79 Å². The highest BCUT2D eigenvalue weighted by Gasteiger charge is 2.15. The van der Waals surface area contributed by atoms with Crippen LogP contribution in [-0.4, -0.2) is 18.8 Å². The number of carbonyl (C=O) groups is 1. The van der Waals surface area contributed by atoms with E-state index in [9.17, 15) is 4.79 Å². The van der Waals surface area contributed by atoms with Gasteiger partial charge in [0, 0.05) is 7.05 Å². The zero-order chi connectivity index (χ0) is 10.7. The smallest absolute Gasteiger partial charge is 0.241 e. The molecule has 0 aromatic heterocycles. The van der Waals surface area contributed by atoms with E-state index in [1.807, 2.05) is 0 Å². The van der Waals surface area contributed by atoms with Gasteiger partial charge in [0.2, 0.25) is 5.91 Å². The molecule has 76 valence electrons.